The lowest BCUT2D eigenvalue weighted by Crippen LogP contribution is -2.51. The minimum atomic E-state index is -0.170. The van der Waals surface area contributed by atoms with Crippen LogP contribution in [0.25, 0.3) is 0 Å². The van der Waals surface area contributed by atoms with Crippen molar-refractivity contribution >= 4 is 11.9 Å². The molecule has 4 heteroatoms. The predicted molar refractivity (Wildman–Crippen MR) is 112 cm³/mol. The summed E-state index contributed by atoms with van der Waals surface area (Å²) >= 11 is 0. The lowest BCUT2D eigenvalue weighted by molar-refractivity contribution is -0.153. The Morgan fingerprint density at radius 1 is 1.00 bits per heavy atom. The average molecular weight is 403 g/mol. The molecule has 0 aromatic rings. The van der Waals surface area contributed by atoms with Crippen molar-refractivity contribution in [2.24, 2.45) is 34.5 Å². The van der Waals surface area contributed by atoms with E-state index in [4.69, 9.17) is 9.47 Å². The van der Waals surface area contributed by atoms with Gasteiger partial charge in [0.05, 0.1) is 0 Å². The molecule has 3 fully saturated rings. The van der Waals surface area contributed by atoms with E-state index in [0.29, 0.717) is 11.3 Å². The summed E-state index contributed by atoms with van der Waals surface area (Å²) in [5, 5.41) is 0. The topological polar surface area (TPSA) is 52.6 Å². The number of fused-ring (bicyclic) bond motifs is 5. The van der Waals surface area contributed by atoms with Gasteiger partial charge in [-0.2, -0.15) is 0 Å². The number of rotatable bonds is 3. The molecule has 0 aliphatic heterocycles. The van der Waals surface area contributed by atoms with Gasteiger partial charge >= 0.3 is 11.9 Å². The Kier molecular flexibility index (Phi) is 5.36. The highest BCUT2D eigenvalue weighted by molar-refractivity contribution is 5.66. The number of carbonyl (C=O) groups is 2. The van der Waals surface area contributed by atoms with E-state index >= 15 is 0 Å². The van der Waals surface area contributed by atoms with E-state index in [9.17, 15) is 9.59 Å². The highest BCUT2D eigenvalue weighted by atomic mass is 16.5. The molecule has 0 N–H and O–H groups in total. The average Bonchev–Trinajstić information content (AvgIpc) is 2.98. The van der Waals surface area contributed by atoms with Crippen molar-refractivity contribution in [3.8, 4) is 0 Å². The van der Waals surface area contributed by atoms with Crippen molar-refractivity contribution in [1.82, 2.24) is 0 Å². The molecule has 8 unspecified atom stereocenters. The Morgan fingerprint density at radius 2 is 1.76 bits per heavy atom. The largest absolute Gasteiger partial charge is 0.463 e. The molecule has 4 nitrogen and oxygen atoms in total. The van der Waals surface area contributed by atoms with E-state index in [0.717, 1.165) is 37.0 Å². The lowest BCUT2D eigenvalue weighted by Gasteiger charge is -2.58. The van der Waals surface area contributed by atoms with Crippen molar-refractivity contribution in [2.45, 2.75) is 98.2 Å². The third-order valence-corrected chi connectivity index (χ3v) is 9.38. The first-order valence-corrected chi connectivity index (χ1v) is 11.7. The first-order valence-electron chi connectivity index (χ1n) is 11.7. The molecule has 4 aliphatic carbocycles. The Labute approximate surface area is 175 Å². The van der Waals surface area contributed by atoms with E-state index in [1.54, 1.807) is 5.57 Å². The Hall–Kier alpha value is -1.32. The molecule has 8 atom stereocenters. The number of ether oxygens (including phenoxy) is 2. The standard InChI is InChI=1S/C25H38O4/c1-15(28-16(2)26)21-8-9-22-20-7-6-18-14-19(29-17(3)27)10-12-24(18,4)23(20)11-13-25(21,22)5/h14-15,19-23H,6-13H2,1-5H3. The van der Waals surface area contributed by atoms with Crippen LogP contribution in [-0.4, -0.2) is 24.1 Å². The second kappa shape index (κ2) is 7.42. The number of allylic oxidation sites excluding steroid dienone is 1. The van der Waals surface area contributed by atoms with E-state index < -0.39 is 0 Å². The molecular formula is C25H38O4. The van der Waals surface area contributed by atoms with E-state index in [1.165, 1.54) is 46.0 Å². The molecule has 0 bridgehead atoms. The Bertz CT molecular complexity index is 712. The quantitative estimate of drug-likeness (QED) is 0.465. The van der Waals surface area contributed by atoms with Gasteiger partial charge < -0.3 is 9.47 Å². The fourth-order valence-electron chi connectivity index (χ4n) is 8.16. The molecule has 3 saturated carbocycles. The van der Waals surface area contributed by atoms with Crippen LogP contribution in [0.2, 0.25) is 0 Å². The first-order chi connectivity index (χ1) is 13.6. The van der Waals surface area contributed by atoms with Gasteiger partial charge in [0.15, 0.2) is 0 Å². The third kappa shape index (κ3) is 3.45. The summed E-state index contributed by atoms with van der Waals surface area (Å²) in [6, 6.07) is 0. The van der Waals surface area contributed by atoms with E-state index in [1.807, 2.05) is 0 Å². The summed E-state index contributed by atoms with van der Waals surface area (Å²) < 4.78 is 11.2. The van der Waals surface area contributed by atoms with Crippen LogP contribution in [0.3, 0.4) is 0 Å². The first kappa shape index (κ1) is 20.9. The molecule has 4 aliphatic rings. The predicted octanol–water partition coefficient (Wildman–Crippen LogP) is 5.45. The second-order valence-electron chi connectivity index (χ2n) is 10.8. The normalized spacial score (nSPS) is 44.6. The van der Waals surface area contributed by atoms with Crippen LogP contribution < -0.4 is 0 Å². The summed E-state index contributed by atoms with van der Waals surface area (Å²) in [5.41, 5.74) is 2.10. The van der Waals surface area contributed by atoms with Crippen molar-refractivity contribution in [3.63, 3.8) is 0 Å². The van der Waals surface area contributed by atoms with Gasteiger partial charge in [0.25, 0.3) is 0 Å². The van der Waals surface area contributed by atoms with Gasteiger partial charge in [0.2, 0.25) is 0 Å². The number of esters is 2. The van der Waals surface area contributed by atoms with Crippen LogP contribution in [0.4, 0.5) is 0 Å². The van der Waals surface area contributed by atoms with E-state index in [-0.39, 0.29) is 29.6 Å². The van der Waals surface area contributed by atoms with Gasteiger partial charge in [-0.05, 0) is 93.0 Å². The summed E-state index contributed by atoms with van der Waals surface area (Å²) in [6.07, 6.45) is 11.7. The van der Waals surface area contributed by atoms with Gasteiger partial charge in [-0.3, -0.25) is 9.59 Å². The van der Waals surface area contributed by atoms with Gasteiger partial charge in [-0.15, -0.1) is 0 Å². The molecule has 0 amide bonds. The van der Waals surface area contributed by atoms with Gasteiger partial charge in [-0.25, -0.2) is 0 Å². The molecule has 0 saturated heterocycles. The molecule has 4 rings (SSSR count). The van der Waals surface area contributed by atoms with Gasteiger partial charge in [0, 0.05) is 19.8 Å². The number of carbonyl (C=O) groups excluding carboxylic acids is 2. The molecule has 162 valence electrons. The van der Waals surface area contributed by atoms with E-state index in [2.05, 4.69) is 26.8 Å². The summed E-state index contributed by atoms with van der Waals surface area (Å²) in [6.45, 7) is 10.1. The van der Waals surface area contributed by atoms with Crippen LogP contribution in [0, 0.1) is 34.5 Å². The smallest absolute Gasteiger partial charge is 0.303 e. The highest BCUT2D eigenvalue weighted by Gasteiger charge is 2.60. The molecular weight excluding hydrogens is 364 g/mol. The molecule has 29 heavy (non-hydrogen) atoms. The van der Waals surface area contributed by atoms with Gasteiger partial charge in [-0.1, -0.05) is 19.4 Å². The Balaban J connectivity index is 1.54. The van der Waals surface area contributed by atoms with Crippen LogP contribution in [0.15, 0.2) is 11.6 Å². The zero-order chi connectivity index (χ0) is 21.0. The summed E-state index contributed by atoms with van der Waals surface area (Å²) in [7, 11) is 0. The molecule has 0 aromatic carbocycles. The molecule has 0 aromatic heterocycles. The third-order valence-electron chi connectivity index (χ3n) is 9.38. The lowest BCUT2D eigenvalue weighted by atomic mass is 9.46. The SMILES string of the molecule is CC(=O)OC1C=C2CCC3C(CCC4(C)C(C(C)OC(C)=O)CCC34)C2(C)CC1. The van der Waals surface area contributed by atoms with Crippen LogP contribution in [-0.2, 0) is 19.1 Å². The highest BCUT2D eigenvalue weighted by Crippen LogP contribution is 2.67. The van der Waals surface area contributed by atoms with Crippen molar-refractivity contribution in [2.75, 3.05) is 0 Å². The van der Waals surface area contributed by atoms with Crippen LogP contribution in [0.5, 0.6) is 0 Å². The van der Waals surface area contributed by atoms with Crippen molar-refractivity contribution in [3.05, 3.63) is 11.6 Å². The van der Waals surface area contributed by atoms with Crippen LogP contribution >= 0.6 is 0 Å². The number of hydrogen-bond donors (Lipinski definition) is 0. The van der Waals surface area contributed by atoms with Crippen molar-refractivity contribution in [1.29, 1.82) is 0 Å². The fraction of sp³-hybridized carbons (Fsp3) is 0.840. The summed E-state index contributed by atoms with van der Waals surface area (Å²) in [4.78, 5) is 22.9. The van der Waals surface area contributed by atoms with Crippen LogP contribution in [0.1, 0.15) is 86.0 Å². The minimum Gasteiger partial charge on any atom is -0.463 e. The molecule has 0 radical (unpaired) electrons. The zero-order valence-corrected chi connectivity index (χ0v) is 18.8. The zero-order valence-electron chi connectivity index (χ0n) is 18.8. The maximum atomic E-state index is 11.5. The van der Waals surface area contributed by atoms with Crippen molar-refractivity contribution < 1.29 is 19.1 Å². The molecule has 0 heterocycles. The Morgan fingerprint density at radius 3 is 2.45 bits per heavy atom. The maximum Gasteiger partial charge on any atom is 0.303 e. The van der Waals surface area contributed by atoms with Gasteiger partial charge in [0.1, 0.15) is 12.2 Å². The fourth-order valence-corrected chi connectivity index (χ4v) is 8.16. The second-order valence-corrected chi connectivity index (χ2v) is 10.8. The number of hydrogen-bond acceptors (Lipinski definition) is 4. The maximum absolute atomic E-state index is 11.5. The summed E-state index contributed by atoms with van der Waals surface area (Å²) in [5.74, 6) is 2.42. The monoisotopic (exact) mass is 402 g/mol. The molecule has 0 spiro atoms. The minimum absolute atomic E-state index is 0.0212.